The Hall–Kier alpha value is -3.66. The molecule has 0 spiro atoms. The van der Waals surface area contributed by atoms with Crippen molar-refractivity contribution in [2.24, 2.45) is 0 Å². The first-order valence-corrected chi connectivity index (χ1v) is 9.59. The smallest absolute Gasteiger partial charge is 0.336 e. The highest BCUT2D eigenvalue weighted by Crippen LogP contribution is 2.28. The van der Waals surface area contributed by atoms with Crippen molar-refractivity contribution in [1.82, 2.24) is 4.98 Å². The summed E-state index contributed by atoms with van der Waals surface area (Å²) in [7, 11) is 0. The van der Waals surface area contributed by atoms with Gasteiger partial charge in [0.05, 0.1) is 11.1 Å². The number of hydrogen-bond acceptors (Lipinski definition) is 3. The minimum absolute atomic E-state index is 0.298. The Morgan fingerprint density at radius 2 is 1.69 bits per heavy atom. The molecule has 144 valence electrons. The molecule has 0 atom stereocenters. The molecule has 0 aliphatic carbocycles. The standard InChI is InChI=1S/C25H21NO3/c1-2-19-15-24(22-9-5-6-10-23(22)26-19)29-16-17-11-13-18(14-12-17)20-7-3-4-8-21(20)25(27)28/h3-15H,2,16H2,1H3,(H,27,28). The number of fused-ring (bicyclic) bond motifs is 1. The van der Waals surface area contributed by atoms with Crippen LogP contribution < -0.4 is 4.74 Å². The molecule has 4 aromatic rings. The topological polar surface area (TPSA) is 59.4 Å². The van der Waals surface area contributed by atoms with E-state index in [1.165, 1.54) is 0 Å². The first kappa shape index (κ1) is 18.7. The van der Waals surface area contributed by atoms with Crippen LogP contribution >= 0.6 is 0 Å². The highest BCUT2D eigenvalue weighted by atomic mass is 16.5. The quantitative estimate of drug-likeness (QED) is 0.461. The molecule has 1 aromatic heterocycles. The van der Waals surface area contributed by atoms with Gasteiger partial charge in [-0.15, -0.1) is 0 Å². The number of aromatic carboxylic acids is 1. The summed E-state index contributed by atoms with van der Waals surface area (Å²) >= 11 is 0. The fourth-order valence-corrected chi connectivity index (χ4v) is 3.36. The number of ether oxygens (including phenoxy) is 1. The van der Waals surface area contributed by atoms with Gasteiger partial charge in [-0.05, 0) is 41.3 Å². The number of carboxylic acids is 1. The highest BCUT2D eigenvalue weighted by molar-refractivity contribution is 5.96. The molecule has 1 N–H and O–H groups in total. The van der Waals surface area contributed by atoms with Gasteiger partial charge in [0.15, 0.2) is 0 Å². The molecule has 1 heterocycles. The molecule has 29 heavy (non-hydrogen) atoms. The number of aromatic nitrogens is 1. The second-order valence-electron chi connectivity index (χ2n) is 6.82. The summed E-state index contributed by atoms with van der Waals surface area (Å²) in [6.07, 6.45) is 0.846. The van der Waals surface area contributed by atoms with E-state index in [0.29, 0.717) is 17.7 Å². The van der Waals surface area contributed by atoms with Crippen LogP contribution in [0, 0.1) is 0 Å². The van der Waals surface area contributed by atoms with E-state index in [2.05, 4.69) is 11.9 Å². The zero-order valence-corrected chi connectivity index (χ0v) is 16.1. The normalized spacial score (nSPS) is 10.8. The summed E-state index contributed by atoms with van der Waals surface area (Å²) < 4.78 is 6.12. The van der Waals surface area contributed by atoms with Gasteiger partial charge >= 0.3 is 5.97 Å². The lowest BCUT2D eigenvalue weighted by Crippen LogP contribution is -2.00. The molecule has 0 unspecified atom stereocenters. The van der Waals surface area contributed by atoms with E-state index in [-0.39, 0.29) is 0 Å². The van der Waals surface area contributed by atoms with Gasteiger partial charge in [-0.3, -0.25) is 4.98 Å². The molecule has 4 heteroatoms. The second kappa shape index (κ2) is 8.15. The maximum absolute atomic E-state index is 11.5. The largest absolute Gasteiger partial charge is 0.488 e. The third-order valence-corrected chi connectivity index (χ3v) is 4.91. The lowest BCUT2D eigenvalue weighted by molar-refractivity contribution is 0.0697. The Morgan fingerprint density at radius 1 is 0.966 bits per heavy atom. The molecule has 0 amide bonds. The number of pyridine rings is 1. The van der Waals surface area contributed by atoms with Crippen LogP contribution in [0.2, 0.25) is 0 Å². The van der Waals surface area contributed by atoms with E-state index >= 15 is 0 Å². The van der Waals surface area contributed by atoms with Crippen molar-refractivity contribution in [1.29, 1.82) is 0 Å². The van der Waals surface area contributed by atoms with Crippen molar-refractivity contribution in [3.8, 4) is 16.9 Å². The van der Waals surface area contributed by atoms with E-state index in [9.17, 15) is 9.90 Å². The monoisotopic (exact) mass is 383 g/mol. The van der Waals surface area contributed by atoms with Crippen molar-refractivity contribution in [2.75, 3.05) is 0 Å². The maximum atomic E-state index is 11.5. The molecule has 4 nitrogen and oxygen atoms in total. The van der Waals surface area contributed by atoms with Gasteiger partial charge in [0.1, 0.15) is 12.4 Å². The van der Waals surface area contributed by atoms with Crippen LogP contribution in [0.4, 0.5) is 0 Å². The fraction of sp³-hybridized carbons (Fsp3) is 0.120. The molecule has 0 aliphatic heterocycles. The first-order valence-electron chi connectivity index (χ1n) is 9.59. The predicted octanol–water partition coefficient (Wildman–Crippen LogP) is 5.74. The van der Waals surface area contributed by atoms with E-state index in [1.54, 1.807) is 12.1 Å². The molecular formula is C25H21NO3. The molecule has 0 fully saturated rings. The van der Waals surface area contributed by atoms with Crippen molar-refractivity contribution in [3.63, 3.8) is 0 Å². The molecule has 0 aliphatic rings. The Bertz CT molecular complexity index is 1170. The SMILES string of the molecule is CCc1cc(OCc2ccc(-c3ccccc3C(=O)O)cc2)c2ccccc2n1. The lowest BCUT2D eigenvalue weighted by Gasteiger charge is -2.12. The Balaban J connectivity index is 1.57. The predicted molar refractivity (Wildman–Crippen MR) is 114 cm³/mol. The summed E-state index contributed by atoms with van der Waals surface area (Å²) in [5.41, 5.74) is 4.82. The van der Waals surface area contributed by atoms with Crippen LogP contribution in [0.5, 0.6) is 5.75 Å². The van der Waals surface area contributed by atoms with Gasteiger partial charge < -0.3 is 9.84 Å². The molecule has 0 saturated carbocycles. The molecule has 0 saturated heterocycles. The van der Waals surface area contributed by atoms with Gasteiger partial charge in [0.25, 0.3) is 0 Å². The van der Waals surface area contributed by atoms with Crippen LogP contribution in [0.25, 0.3) is 22.0 Å². The van der Waals surface area contributed by atoms with Gasteiger partial charge in [-0.25, -0.2) is 4.79 Å². The molecule has 4 rings (SSSR count). The van der Waals surface area contributed by atoms with Crippen LogP contribution in [-0.4, -0.2) is 16.1 Å². The van der Waals surface area contributed by atoms with Crippen molar-refractivity contribution < 1.29 is 14.6 Å². The minimum atomic E-state index is -0.927. The van der Waals surface area contributed by atoms with Gasteiger partial charge in [0.2, 0.25) is 0 Å². The van der Waals surface area contributed by atoms with E-state index < -0.39 is 5.97 Å². The van der Waals surface area contributed by atoms with Gasteiger partial charge in [0, 0.05) is 17.1 Å². The number of aryl methyl sites for hydroxylation is 1. The summed E-state index contributed by atoms with van der Waals surface area (Å²) in [5, 5.41) is 10.4. The molecular weight excluding hydrogens is 362 g/mol. The number of carboxylic acid groups (broad SMARTS) is 1. The third kappa shape index (κ3) is 3.97. The Labute approximate surface area is 169 Å². The van der Waals surface area contributed by atoms with E-state index in [0.717, 1.165) is 39.9 Å². The highest BCUT2D eigenvalue weighted by Gasteiger charge is 2.11. The number of benzene rings is 3. The van der Waals surface area contributed by atoms with Crippen molar-refractivity contribution in [3.05, 3.63) is 95.7 Å². The fourth-order valence-electron chi connectivity index (χ4n) is 3.36. The average molecular weight is 383 g/mol. The van der Waals surface area contributed by atoms with E-state index in [4.69, 9.17) is 4.74 Å². The van der Waals surface area contributed by atoms with Gasteiger partial charge in [-0.1, -0.05) is 61.5 Å². The zero-order chi connectivity index (χ0) is 20.2. The second-order valence-corrected chi connectivity index (χ2v) is 6.82. The maximum Gasteiger partial charge on any atom is 0.336 e. The number of rotatable bonds is 6. The summed E-state index contributed by atoms with van der Waals surface area (Å²) in [4.78, 5) is 16.1. The van der Waals surface area contributed by atoms with Crippen LogP contribution in [0.1, 0.15) is 28.5 Å². The van der Waals surface area contributed by atoms with Gasteiger partial charge in [-0.2, -0.15) is 0 Å². The minimum Gasteiger partial charge on any atom is -0.488 e. The average Bonchev–Trinajstić information content (AvgIpc) is 2.77. The zero-order valence-electron chi connectivity index (χ0n) is 16.1. The number of carbonyl (C=O) groups is 1. The van der Waals surface area contributed by atoms with Crippen molar-refractivity contribution in [2.45, 2.75) is 20.0 Å². The molecule has 3 aromatic carbocycles. The lowest BCUT2D eigenvalue weighted by atomic mass is 9.99. The van der Waals surface area contributed by atoms with Crippen molar-refractivity contribution >= 4 is 16.9 Å². The Morgan fingerprint density at radius 3 is 2.45 bits per heavy atom. The first-order chi connectivity index (χ1) is 14.2. The molecule has 0 bridgehead atoms. The van der Waals surface area contributed by atoms with Crippen LogP contribution in [0.3, 0.4) is 0 Å². The van der Waals surface area contributed by atoms with Crippen LogP contribution in [-0.2, 0) is 13.0 Å². The summed E-state index contributed by atoms with van der Waals surface area (Å²) in [6.45, 7) is 2.51. The number of para-hydroxylation sites is 1. The summed E-state index contributed by atoms with van der Waals surface area (Å²) in [5.74, 6) is -0.1000. The Kier molecular flexibility index (Phi) is 5.25. The summed E-state index contributed by atoms with van der Waals surface area (Å²) in [6, 6.07) is 24.8. The van der Waals surface area contributed by atoms with Crippen LogP contribution in [0.15, 0.2) is 78.9 Å². The molecule has 0 radical (unpaired) electrons. The van der Waals surface area contributed by atoms with E-state index in [1.807, 2.05) is 66.7 Å². The third-order valence-electron chi connectivity index (χ3n) is 4.91. The number of nitrogens with zero attached hydrogens (tertiary/aromatic N) is 1. The number of hydrogen-bond donors (Lipinski definition) is 1.